The smallest absolute Gasteiger partial charge is 0.228 e. The molecule has 0 bridgehead atoms. The van der Waals surface area contributed by atoms with E-state index < -0.39 is 0 Å². The minimum atomic E-state index is -0.158. The Morgan fingerprint density at radius 1 is 1.48 bits per heavy atom. The van der Waals surface area contributed by atoms with E-state index in [-0.39, 0.29) is 42.2 Å². The molecule has 0 spiro atoms. The molecular formula is C15H28ClN3O2. The molecular weight excluding hydrogens is 290 g/mol. The number of hydrogen-bond donors (Lipinski definition) is 1. The first-order valence-corrected chi connectivity index (χ1v) is 7.88. The van der Waals surface area contributed by atoms with Crippen molar-refractivity contribution >= 4 is 24.2 Å². The number of likely N-dealkylation sites (tertiary alicyclic amines) is 2. The Morgan fingerprint density at radius 3 is 2.81 bits per heavy atom. The van der Waals surface area contributed by atoms with Gasteiger partial charge >= 0.3 is 0 Å². The lowest BCUT2D eigenvalue weighted by Gasteiger charge is -2.27. The van der Waals surface area contributed by atoms with Gasteiger partial charge in [-0.05, 0) is 26.2 Å². The lowest BCUT2D eigenvalue weighted by Crippen LogP contribution is -2.44. The third-order valence-corrected chi connectivity index (χ3v) is 4.68. The molecule has 0 radical (unpaired) electrons. The molecule has 6 heteroatoms. The van der Waals surface area contributed by atoms with Gasteiger partial charge in [0.05, 0.1) is 5.92 Å². The molecule has 0 aromatic rings. The predicted octanol–water partition coefficient (Wildman–Crippen LogP) is 1.39. The second-order valence-corrected chi connectivity index (χ2v) is 6.15. The van der Waals surface area contributed by atoms with Crippen molar-refractivity contribution < 1.29 is 9.59 Å². The monoisotopic (exact) mass is 317 g/mol. The van der Waals surface area contributed by atoms with Crippen LogP contribution in [0.15, 0.2) is 0 Å². The number of carbonyl (C=O) groups is 2. The van der Waals surface area contributed by atoms with Gasteiger partial charge in [-0.3, -0.25) is 9.59 Å². The molecule has 0 aromatic heterocycles. The lowest BCUT2D eigenvalue weighted by molar-refractivity contribution is -0.136. The van der Waals surface area contributed by atoms with Gasteiger partial charge in [0.1, 0.15) is 0 Å². The zero-order chi connectivity index (χ0) is 14.7. The van der Waals surface area contributed by atoms with Gasteiger partial charge in [-0.25, -0.2) is 0 Å². The third kappa shape index (κ3) is 3.89. The van der Waals surface area contributed by atoms with E-state index in [1.807, 2.05) is 9.80 Å². The Morgan fingerprint density at radius 2 is 2.19 bits per heavy atom. The first-order valence-electron chi connectivity index (χ1n) is 7.88. The van der Waals surface area contributed by atoms with Gasteiger partial charge in [-0.2, -0.15) is 0 Å². The molecule has 2 aliphatic rings. The van der Waals surface area contributed by atoms with Crippen LogP contribution < -0.4 is 5.73 Å². The van der Waals surface area contributed by atoms with Crippen LogP contribution in [0.2, 0.25) is 0 Å². The molecule has 2 N–H and O–H groups in total. The van der Waals surface area contributed by atoms with Gasteiger partial charge in [0.2, 0.25) is 11.8 Å². The van der Waals surface area contributed by atoms with Gasteiger partial charge in [0.25, 0.3) is 0 Å². The van der Waals surface area contributed by atoms with Gasteiger partial charge in [-0.15, -0.1) is 12.4 Å². The summed E-state index contributed by atoms with van der Waals surface area (Å²) in [7, 11) is 0. The minimum Gasteiger partial charge on any atom is -0.339 e. The highest BCUT2D eigenvalue weighted by molar-refractivity contribution is 5.89. The van der Waals surface area contributed by atoms with E-state index in [0.29, 0.717) is 19.5 Å². The van der Waals surface area contributed by atoms with Crippen molar-refractivity contribution in [2.24, 2.45) is 11.7 Å². The molecule has 3 unspecified atom stereocenters. The maximum atomic E-state index is 12.6. The number of carbonyl (C=O) groups excluding carboxylic acids is 2. The predicted molar refractivity (Wildman–Crippen MR) is 85.2 cm³/mol. The molecule has 122 valence electrons. The van der Waals surface area contributed by atoms with Crippen LogP contribution in [0.5, 0.6) is 0 Å². The molecule has 2 saturated heterocycles. The number of rotatable bonds is 5. The summed E-state index contributed by atoms with van der Waals surface area (Å²) in [6.07, 6.45) is 4.47. The summed E-state index contributed by atoms with van der Waals surface area (Å²) in [6, 6.07) is 0.425. The van der Waals surface area contributed by atoms with Gasteiger partial charge in [-0.1, -0.05) is 13.3 Å². The average Bonchev–Trinajstić information content (AvgIpc) is 3.04. The first kappa shape index (κ1) is 18.2. The van der Waals surface area contributed by atoms with Crippen LogP contribution in [0.3, 0.4) is 0 Å². The second kappa shape index (κ2) is 7.99. The van der Waals surface area contributed by atoms with Gasteiger partial charge < -0.3 is 15.5 Å². The standard InChI is InChI=1S/C15H27N3O2.ClH/c1-3-5-11(2)18-10-12(8-14(18)19)15(20)17-7-4-6-13(17)9-16;/h11-13H,3-10,16H2,1-2H3;1H. The zero-order valence-corrected chi connectivity index (χ0v) is 13.9. The Kier molecular flexibility index (Phi) is 6.94. The fraction of sp³-hybridized carbons (Fsp3) is 0.867. The minimum absolute atomic E-state index is 0. The van der Waals surface area contributed by atoms with E-state index in [9.17, 15) is 9.59 Å². The normalized spacial score (nSPS) is 26.9. The van der Waals surface area contributed by atoms with E-state index >= 15 is 0 Å². The van der Waals surface area contributed by atoms with Crippen LogP contribution in [0.1, 0.15) is 46.0 Å². The zero-order valence-electron chi connectivity index (χ0n) is 13.1. The molecule has 2 fully saturated rings. The molecule has 0 aromatic carbocycles. The molecule has 21 heavy (non-hydrogen) atoms. The average molecular weight is 318 g/mol. The highest BCUT2D eigenvalue weighted by Crippen LogP contribution is 2.27. The van der Waals surface area contributed by atoms with Crippen molar-refractivity contribution in [3.8, 4) is 0 Å². The van der Waals surface area contributed by atoms with Crippen molar-refractivity contribution in [3.63, 3.8) is 0 Å². The summed E-state index contributed by atoms with van der Waals surface area (Å²) in [6.45, 7) is 6.12. The molecule has 0 saturated carbocycles. The highest BCUT2D eigenvalue weighted by Gasteiger charge is 2.40. The summed E-state index contributed by atoms with van der Waals surface area (Å²) in [5.74, 6) is 0.110. The Hall–Kier alpha value is -0.810. The summed E-state index contributed by atoms with van der Waals surface area (Å²) in [5, 5.41) is 0. The fourth-order valence-electron chi connectivity index (χ4n) is 3.50. The van der Waals surface area contributed by atoms with Crippen molar-refractivity contribution in [1.29, 1.82) is 0 Å². The number of amides is 2. The highest BCUT2D eigenvalue weighted by atomic mass is 35.5. The summed E-state index contributed by atoms with van der Waals surface area (Å²) in [5.41, 5.74) is 5.73. The van der Waals surface area contributed by atoms with Crippen LogP contribution >= 0.6 is 12.4 Å². The molecule has 3 atom stereocenters. The van der Waals surface area contributed by atoms with E-state index in [1.54, 1.807) is 0 Å². The first-order chi connectivity index (χ1) is 9.58. The number of nitrogens with two attached hydrogens (primary N) is 1. The van der Waals surface area contributed by atoms with Crippen molar-refractivity contribution in [1.82, 2.24) is 9.80 Å². The lowest BCUT2D eigenvalue weighted by atomic mass is 10.1. The SMILES string of the molecule is CCCC(C)N1CC(C(=O)N2CCCC2CN)CC1=O.Cl. The maximum Gasteiger partial charge on any atom is 0.228 e. The van der Waals surface area contributed by atoms with Crippen LogP contribution in [0.4, 0.5) is 0 Å². The van der Waals surface area contributed by atoms with Gasteiger partial charge in [0, 0.05) is 38.1 Å². The molecule has 2 heterocycles. The Labute approximate surface area is 133 Å². The third-order valence-electron chi connectivity index (χ3n) is 4.68. The van der Waals surface area contributed by atoms with E-state index in [2.05, 4.69) is 13.8 Å². The number of halogens is 1. The molecule has 0 aliphatic carbocycles. The number of nitrogens with zero attached hydrogens (tertiary/aromatic N) is 2. The second-order valence-electron chi connectivity index (χ2n) is 6.15. The molecule has 2 rings (SSSR count). The van der Waals surface area contributed by atoms with Crippen LogP contribution in [-0.4, -0.2) is 53.3 Å². The van der Waals surface area contributed by atoms with Crippen molar-refractivity contribution in [2.75, 3.05) is 19.6 Å². The maximum absolute atomic E-state index is 12.6. The van der Waals surface area contributed by atoms with Gasteiger partial charge in [0.15, 0.2) is 0 Å². The van der Waals surface area contributed by atoms with Crippen LogP contribution in [0.25, 0.3) is 0 Å². The van der Waals surface area contributed by atoms with E-state index in [0.717, 1.165) is 32.2 Å². The van der Waals surface area contributed by atoms with Crippen LogP contribution in [0, 0.1) is 5.92 Å². The number of hydrogen-bond acceptors (Lipinski definition) is 3. The van der Waals surface area contributed by atoms with Crippen LogP contribution in [-0.2, 0) is 9.59 Å². The Balaban J connectivity index is 0.00000220. The summed E-state index contributed by atoms with van der Waals surface area (Å²) >= 11 is 0. The summed E-state index contributed by atoms with van der Waals surface area (Å²) in [4.78, 5) is 28.5. The summed E-state index contributed by atoms with van der Waals surface area (Å²) < 4.78 is 0. The molecule has 2 amide bonds. The molecule has 2 aliphatic heterocycles. The quantitative estimate of drug-likeness (QED) is 0.833. The fourth-order valence-corrected chi connectivity index (χ4v) is 3.50. The Bertz CT molecular complexity index is 378. The largest absolute Gasteiger partial charge is 0.339 e. The van der Waals surface area contributed by atoms with Crippen molar-refractivity contribution in [3.05, 3.63) is 0 Å². The van der Waals surface area contributed by atoms with E-state index in [1.165, 1.54) is 0 Å². The molecule has 5 nitrogen and oxygen atoms in total. The van der Waals surface area contributed by atoms with E-state index in [4.69, 9.17) is 5.73 Å². The van der Waals surface area contributed by atoms with Crippen molar-refractivity contribution in [2.45, 2.75) is 58.0 Å². The topological polar surface area (TPSA) is 66.6 Å².